The molecule has 5 heteroatoms. The van der Waals surface area contributed by atoms with Gasteiger partial charge < -0.3 is 5.32 Å². The third kappa shape index (κ3) is 2.61. The van der Waals surface area contributed by atoms with E-state index in [-0.39, 0.29) is 0 Å². The number of rotatable bonds is 5. The second kappa shape index (κ2) is 5.69. The molecule has 0 saturated heterocycles. The van der Waals surface area contributed by atoms with Crippen molar-refractivity contribution < 1.29 is 0 Å². The van der Waals surface area contributed by atoms with E-state index in [0.717, 1.165) is 24.5 Å². The average molecular weight is 267 g/mol. The monoisotopic (exact) mass is 267 g/mol. The Morgan fingerprint density at radius 3 is 2.80 bits per heavy atom. The van der Waals surface area contributed by atoms with E-state index < -0.39 is 0 Å². The fraction of sp³-hybridized carbons (Fsp3) is 0.267. The van der Waals surface area contributed by atoms with Crippen LogP contribution in [0.3, 0.4) is 0 Å². The summed E-state index contributed by atoms with van der Waals surface area (Å²) in [7, 11) is 0. The van der Waals surface area contributed by atoms with E-state index in [1.807, 2.05) is 16.8 Å². The fourth-order valence-electron chi connectivity index (χ4n) is 2.22. The third-order valence-electron chi connectivity index (χ3n) is 3.24. The van der Waals surface area contributed by atoms with Crippen molar-refractivity contribution in [3.8, 4) is 0 Å². The molecule has 102 valence electrons. The lowest BCUT2D eigenvalue weighted by atomic mass is 10.1. The topological polar surface area (TPSA) is 55.6 Å². The molecule has 1 heterocycles. The van der Waals surface area contributed by atoms with E-state index in [0.29, 0.717) is 6.54 Å². The van der Waals surface area contributed by atoms with E-state index in [2.05, 4.69) is 58.1 Å². The molecule has 5 nitrogen and oxygen atoms in total. The summed E-state index contributed by atoms with van der Waals surface area (Å²) in [6.45, 7) is 3.59. The number of aryl methyl sites for hydroxylation is 1. The van der Waals surface area contributed by atoms with Gasteiger partial charge in [0.25, 0.3) is 0 Å². The van der Waals surface area contributed by atoms with E-state index in [4.69, 9.17) is 0 Å². The number of anilines is 1. The number of nitrogens with one attached hydrogen (secondary N) is 1. The molecular weight excluding hydrogens is 250 g/mol. The molecule has 0 aliphatic rings. The molecule has 0 radical (unpaired) electrons. The molecule has 0 unspecified atom stereocenters. The van der Waals surface area contributed by atoms with Gasteiger partial charge in [-0.1, -0.05) is 37.3 Å². The van der Waals surface area contributed by atoms with E-state index >= 15 is 0 Å². The first kappa shape index (κ1) is 12.6. The molecule has 1 N–H and O–H groups in total. The molecule has 0 amide bonds. The SMILES string of the molecule is CCCn1nnnc1CNc1ccc2ccccc2c1. The van der Waals surface area contributed by atoms with Gasteiger partial charge in [0.1, 0.15) is 0 Å². The lowest BCUT2D eigenvalue weighted by molar-refractivity contribution is 0.558. The van der Waals surface area contributed by atoms with E-state index in [9.17, 15) is 0 Å². The molecular formula is C15H17N5. The summed E-state index contributed by atoms with van der Waals surface area (Å²) in [6, 6.07) is 14.7. The maximum absolute atomic E-state index is 4.05. The van der Waals surface area contributed by atoms with Crippen LogP contribution in [0.15, 0.2) is 42.5 Å². The van der Waals surface area contributed by atoms with Gasteiger partial charge in [-0.25, -0.2) is 4.68 Å². The molecule has 1 aromatic heterocycles. The highest BCUT2D eigenvalue weighted by molar-refractivity contribution is 5.85. The summed E-state index contributed by atoms with van der Waals surface area (Å²) in [5.74, 6) is 0.861. The first-order valence-corrected chi connectivity index (χ1v) is 6.84. The van der Waals surface area contributed by atoms with Crippen molar-refractivity contribution >= 4 is 16.5 Å². The summed E-state index contributed by atoms with van der Waals surface area (Å²) < 4.78 is 1.84. The maximum atomic E-state index is 4.05. The summed E-state index contributed by atoms with van der Waals surface area (Å²) in [5.41, 5.74) is 1.08. The first-order valence-electron chi connectivity index (χ1n) is 6.84. The minimum atomic E-state index is 0.630. The Bertz CT molecular complexity index is 704. The number of tetrazole rings is 1. The summed E-state index contributed by atoms with van der Waals surface area (Å²) in [6.07, 6.45) is 1.02. The Labute approximate surface area is 117 Å². The van der Waals surface area contributed by atoms with E-state index in [1.165, 1.54) is 10.8 Å². The van der Waals surface area contributed by atoms with Crippen LogP contribution in [0.25, 0.3) is 10.8 Å². The minimum Gasteiger partial charge on any atom is -0.378 e. The molecule has 0 saturated carbocycles. The van der Waals surface area contributed by atoms with Crippen molar-refractivity contribution in [2.45, 2.75) is 26.4 Å². The van der Waals surface area contributed by atoms with Crippen LogP contribution in [-0.4, -0.2) is 20.2 Å². The van der Waals surface area contributed by atoms with Crippen molar-refractivity contribution in [1.82, 2.24) is 20.2 Å². The highest BCUT2D eigenvalue weighted by Crippen LogP contribution is 2.19. The zero-order valence-electron chi connectivity index (χ0n) is 11.5. The fourth-order valence-corrected chi connectivity index (χ4v) is 2.22. The van der Waals surface area contributed by atoms with Crippen LogP contribution in [-0.2, 0) is 13.1 Å². The lowest BCUT2D eigenvalue weighted by Gasteiger charge is -2.07. The number of benzene rings is 2. The lowest BCUT2D eigenvalue weighted by Crippen LogP contribution is -2.10. The van der Waals surface area contributed by atoms with Crippen LogP contribution in [0.1, 0.15) is 19.2 Å². The molecule has 2 aromatic carbocycles. The Balaban J connectivity index is 1.74. The molecule has 3 aromatic rings. The standard InChI is InChI=1S/C15H17N5/c1-2-9-20-15(17-18-19-20)11-16-14-8-7-12-5-3-4-6-13(12)10-14/h3-8,10,16H,2,9,11H2,1H3. The van der Waals surface area contributed by atoms with Crippen molar-refractivity contribution in [2.75, 3.05) is 5.32 Å². The molecule has 20 heavy (non-hydrogen) atoms. The number of hydrogen-bond donors (Lipinski definition) is 1. The molecule has 0 bridgehead atoms. The Hall–Kier alpha value is -2.43. The zero-order valence-corrected chi connectivity index (χ0v) is 11.5. The van der Waals surface area contributed by atoms with Gasteiger partial charge in [-0.15, -0.1) is 5.10 Å². The number of nitrogens with zero attached hydrogens (tertiary/aromatic N) is 4. The first-order chi connectivity index (χ1) is 9.86. The minimum absolute atomic E-state index is 0.630. The molecule has 0 aliphatic carbocycles. The summed E-state index contributed by atoms with van der Waals surface area (Å²) in [4.78, 5) is 0. The molecule has 0 aliphatic heterocycles. The van der Waals surface area contributed by atoms with Crippen molar-refractivity contribution in [1.29, 1.82) is 0 Å². The number of hydrogen-bond acceptors (Lipinski definition) is 4. The van der Waals surface area contributed by atoms with Gasteiger partial charge in [0.2, 0.25) is 0 Å². The molecule has 0 spiro atoms. The summed E-state index contributed by atoms with van der Waals surface area (Å²) >= 11 is 0. The molecule has 0 fully saturated rings. The van der Waals surface area contributed by atoms with Crippen LogP contribution in [0.4, 0.5) is 5.69 Å². The number of aromatic nitrogens is 4. The van der Waals surface area contributed by atoms with Crippen LogP contribution >= 0.6 is 0 Å². The largest absolute Gasteiger partial charge is 0.378 e. The van der Waals surface area contributed by atoms with Gasteiger partial charge in [-0.3, -0.25) is 0 Å². The van der Waals surface area contributed by atoms with Gasteiger partial charge in [0.05, 0.1) is 6.54 Å². The van der Waals surface area contributed by atoms with Gasteiger partial charge in [-0.2, -0.15) is 0 Å². The van der Waals surface area contributed by atoms with Crippen LogP contribution < -0.4 is 5.32 Å². The van der Waals surface area contributed by atoms with Crippen molar-refractivity contribution in [2.24, 2.45) is 0 Å². The Morgan fingerprint density at radius 2 is 1.95 bits per heavy atom. The van der Waals surface area contributed by atoms with Gasteiger partial charge in [0, 0.05) is 12.2 Å². The van der Waals surface area contributed by atoms with Gasteiger partial charge in [-0.05, 0) is 39.8 Å². The second-order valence-electron chi connectivity index (χ2n) is 4.73. The predicted molar refractivity (Wildman–Crippen MR) is 79.4 cm³/mol. The summed E-state index contributed by atoms with van der Waals surface area (Å²) in [5, 5.41) is 17.6. The van der Waals surface area contributed by atoms with Crippen LogP contribution in [0, 0.1) is 0 Å². The number of fused-ring (bicyclic) bond motifs is 1. The highest BCUT2D eigenvalue weighted by Gasteiger charge is 2.04. The third-order valence-corrected chi connectivity index (χ3v) is 3.24. The predicted octanol–water partition coefficient (Wildman–Crippen LogP) is 2.85. The van der Waals surface area contributed by atoms with Gasteiger partial charge in [0.15, 0.2) is 5.82 Å². The normalized spacial score (nSPS) is 10.8. The van der Waals surface area contributed by atoms with Crippen molar-refractivity contribution in [3.63, 3.8) is 0 Å². The maximum Gasteiger partial charge on any atom is 0.170 e. The van der Waals surface area contributed by atoms with Gasteiger partial charge >= 0.3 is 0 Å². The van der Waals surface area contributed by atoms with Crippen LogP contribution in [0.2, 0.25) is 0 Å². The molecule has 3 rings (SSSR count). The second-order valence-corrected chi connectivity index (χ2v) is 4.73. The van der Waals surface area contributed by atoms with Crippen molar-refractivity contribution in [3.05, 3.63) is 48.3 Å². The van der Waals surface area contributed by atoms with E-state index in [1.54, 1.807) is 0 Å². The van der Waals surface area contributed by atoms with Crippen LogP contribution in [0.5, 0.6) is 0 Å². The molecule has 0 atom stereocenters. The smallest absolute Gasteiger partial charge is 0.170 e. The zero-order chi connectivity index (χ0) is 13.8. The average Bonchev–Trinajstić information content (AvgIpc) is 2.93. The highest BCUT2D eigenvalue weighted by atomic mass is 15.5. The Kier molecular flexibility index (Phi) is 3.58. The Morgan fingerprint density at radius 1 is 1.10 bits per heavy atom. The quantitative estimate of drug-likeness (QED) is 0.772.